The van der Waals surface area contributed by atoms with Crippen molar-refractivity contribution < 1.29 is 9.18 Å². The van der Waals surface area contributed by atoms with E-state index in [4.69, 9.17) is 11.6 Å². The Morgan fingerprint density at radius 1 is 1.20 bits per heavy atom. The molecule has 2 aromatic carbocycles. The summed E-state index contributed by atoms with van der Waals surface area (Å²) in [5.74, 6) is -0.770. The summed E-state index contributed by atoms with van der Waals surface area (Å²) in [7, 11) is 0. The summed E-state index contributed by atoms with van der Waals surface area (Å²) >= 11 is 6.10. The summed E-state index contributed by atoms with van der Waals surface area (Å²) in [4.78, 5) is 12.2. The highest BCUT2D eigenvalue weighted by Gasteiger charge is 2.11. The number of hydrogen-bond acceptors (Lipinski definition) is 3. The van der Waals surface area contributed by atoms with Crippen LogP contribution in [0.15, 0.2) is 59.7 Å². The number of aromatic amines is 1. The van der Waals surface area contributed by atoms with Crippen LogP contribution >= 0.6 is 11.6 Å². The molecule has 7 heteroatoms. The normalized spacial score (nSPS) is 11.4. The van der Waals surface area contributed by atoms with E-state index >= 15 is 0 Å². The summed E-state index contributed by atoms with van der Waals surface area (Å²) in [5, 5.41) is 11.3. The Balaban J connectivity index is 1.73. The fraction of sp³-hybridized carbons (Fsp3) is 0.0556. The van der Waals surface area contributed by atoms with E-state index in [0.29, 0.717) is 22.0 Å². The number of halogens is 2. The minimum absolute atomic E-state index is 0.245. The second-order valence-electron chi connectivity index (χ2n) is 5.29. The Hall–Kier alpha value is -2.99. The number of carbonyl (C=O) groups excluding carboxylic acids is 1. The number of nitrogens with one attached hydrogen (secondary N) is 2. The van der Waals surface area contributed by atoms with Gasteiger partial charge in [0, 0.05) is 16.1 Å². The van der Waals surface area contributed by atoms with E-state index in [2.05, 4.69) is 20.7 Å². The van der Waals surface area contributed by atoms with Gasteiger partial charge in [-0.2, -0.15) is 10.2 Å². The lowest BCUT2D eigenvalue weighted by Crippen LogP contribution is -2.19. The highest BCUT2D eigenvalue weighted by Crippen LogP contribution is 2.18. The summed E-state index contributed by atoms with van der Waals surface area (Å²) in [5.41, 5.74) is 5.26. The summed E-state index contributed by atoms with van der Waals surface area (Å²) in [6.45, 7) is 1.75. The molecule has 0 aliphatic rings. The second kappa shape index (κ2) is 7.27. The molecule has 0 unspecified atom stereocenters. The van der Waals surface area contributed by atoms with Crippen molar-refractivity contribution >= 4 is 23.2 Å². The van der Waals surface area contributed by atoms with E-state index in [-0.39, 0.29) is 11.5 Å². The fourth-order valence-corrected chi connectivity index (χ4v) is 2.49. The average molecular weight is 357 g/mol. The number of hydrazone groups is 1. The lowest BCUT2D eigenvalue weighted by Gasteiger charge is -2.03. The number of H-pyrrole nitrogens is 1. The zero-order chi connectivity index (χ0) is 17.8. The highest BCUT2D eigenvalue weighted by atomic mass is 35.5. The van der Waals surface area contributed by atoms with Crippen LogP contribution in [0.3, 0.4) is 0 Å². The maximum Gasteiger partial charge on any atom is 0.289 e. The molecule has 1 heterocycles. The lowest BCUT2D eigenvalue weighted by atomic mass is 10.1. The number of nitrogens with zero attached hydrogens (tertiary/aromatic N) is 2. The van der Waals surface area contributed by atoms with Crippen LogP contribution in [0.5, 0.6) is 0 Å². The minimum atomic E-state index is -0.438. The molecule has 2 N–H and O–H groups in total. The first-order valence-electron chi connectivity index (χ1n) is 7.45. The van der Waals surface area contributed by atoms with E-state index in [1.54, 1.807) is 31.2 Å². The smallest absolute Gasteiger partial charge is 0.272 e. The molecule has 126 valence electrons. The number of aromatic nitrogens is 2. The van der Waals surface area contributed by atoms with Crippen molar-refractivity contribution in [1.82, 2.24) is 15.6 Å². The first-order chi connectivity index (χ1) is 12.0. The van der Waals surface area contributed by atoms with Gasteiger partial charge in [0.05, 0.1) is 11.4 Å². The molecule has 0 saturated heterocycles. The van der Waals surface area contributed by atoms with Gasteiger partial charge in [-0.05, 0) is 43.3 Å². The zero-order valence-corrected chi connectivity index (χ0v) is 14.0. The van der Waals surface area contributed by atoms with Gasteiger partial charge < -0.3 is 0 Å². The van der Waals surface area contributed by atoms with Crippen LogP contribution < -0.4 is 5.43 Å². The van der Waals surface area contributed by atoms with Gasteiger partial charge in [0.1, 0.15) is 11.5 Å². The molecule has 0 radical (unpaired) electrons. The average Bonchev–Trinajstić information content (AvgIpc) is 3.10. The van der Waals surface area contributed by atoms with E-state index < -0.39 is 5.91 Å². The second-order valence-corrected chi connectivity index (χ2v) is 5.70. The summed E-state index contributed by atoms with van der Waals surface area (Å²) in [6.07, 6.45) is 0. The Morgan fingerprint density at radius 3 is 2.64 bits per heavy atom. The standard InChI is InChI=1S/C18H14ClFN4O/c1-11(14-4-2-3-5-15(14)19)21-24-18(25)17-10-16(22-23-17)12-6-8-13(20)9-7-12/h2-10H,1H3,(H,22,23)(H,24,25)/b21-11-. The third-order valence-corrected chi connectivity index (χ3v) is 3.88. The highest BCUT2D eigenvalue weighted by molar-refractivity contribution is 6.34. The molecule has 0 atom stereocenters. The number of amides is 1. The molecule has 25 heavy (non-hydrogen) atoms. The third kappa shape index (κ3) is 3.92. The largest absolute Gasteiger partial charge is 0.289 e. The number of carbonyl (C=O) groups is 1. The van der Waals surface area contributed by atoms with Crippen LogP contribution in [-0.2, 0) is 0 Å². The van der Waals surface area contributed by atoms with Crippen molar-refractivity contribution in [1.29, 1.82) is 0 Å². The van der Waals surface area contributed by atoms with E-state index in [9.17, 15) is 9.18 Å². The van der Waals surface area contributed by atoms with Gasteiger partial charge in [-0.3, -0.25) is 9.89 Å². The Morgan fingerprint density at radius 2 is 1.92 bits per heavy atom. The van der Waals surface area contributed by atoms with Crippen molar-refractivity contribution in [2.24, 2.45) is 5.10 Å². The third-order valence-electron chi connectivity index (χ3n) is 3.55. The Labute approximate surface area is 148 Å². The SMILES string of the molecule is C/C(=N/NC(=O)c1cc(-c2ccc(F)cc2)n[nH]1)c1ccccc1Cl. The monoisotopic (exact) mass is 356 g/mol. The van der Waals surface area contributed by atoms with Crippen LogP contribution in [0, 0.1) is 5.82 Å². The number of benzene rings is 2. The molecule has 0 saturated carbocycles. The zero-order valence-electron chi connectivity index (χ0n) is 13.3. The van der Waals surface area contributed by atoms with E-state index in [1.807, 2.05) is 18.2 Å². The van der Waals surface area contributed by atoms with Gasteiger partial charge in [0.2, 0.25) is 0 Å². The summed E-state index contributed by atoms with van der Waals surface area (Å²) < 4.78 is 13.0. The minimum Gasteiger partial charge on any atom is -0.272 e. The first kappa shape index (κ1) is 16.9. The quantitative estimate of drug-likeness (QED) is 0.547. The predicted molar refractivity (Wildman–Crippen MR) is 95.1 cm³/mol. The molecule has 5 nitrogen and oxygen atoms in total. The molecule has 3 rings (SSSR count). The molecule has 0 fully saturated rings. The number of rotatable bonds is 4. The van der Waals surface area contributed by atoms with Gasteiger partial charge in [-0.15, -0.1) is 0 Å². The maximum absolute atomic E-state index is 13.0. The van der Waals surface area contributed by atoms with Crippen molar-refractivity contribution in [2.75, 3.05) is 0 Å². The van der Waals surface area contributed by atoms with Gasteiger partial charge in [-0.1, -0.05) is 29.8 Å². The summed E-state index contributed by atoms with van der Waals surface area (Å²) in [6, 6.07) is 14.6. The van der Waals surface area contributed by atoms with Crippen molar-refractivity contribution in [2.45, 2.75) is 6.92 Å². The van der Waals surface area contributed by atoms with Crippen LogP contribution in [0.2, 0.25) is 5.02 Å². The van der Waals surface area contributed by atoms with E-state index in [0.717, 1.165) is 5.56 Å². The molecule has 0 spiro atoms. The topological polar surface area (TPSA) is 70.1 Å². The number of hydrogen-bond donors (Lipinski definition) is 2. The van der Waals surface area contributed by atoms with Gasteiger partial charge in [0.15, 0.2) is 0 Å². The van der Waals surface area contributed by atoms with E-state index in [1.165, 1.54) is 12.1 Å². The van der Waals surface area contributed by atoms with Crippen LogP contribution in [0.25, 0.3) is 11.3 Å². The van der Waals surface area contributed by atoms with Gasteiger partial charge >= 0.3 is 0 Å². The predicted octanol–water partition coefficient (Wildman–Crippen LogP) is 4.02. The molecular weight excluding hydrogens is 343 g/mol. The molecule has 3 aromatic rings. The maximum atomic E-state index is 13.0. The van der Waals surface area contributed by atoms with Crippen molar-refractivity contribution in [3.8, 4) is 11.3 Å². The van der Waals surface area contributed by atoms with Gasteiger partial charge in [0.25, 0.3) is 5.91 Å². The van der Waals surface area contributed by atoms with Crippen LogP contribution in [0.1, 0.15) is 23.0 Å². The molecule has 1 aromatic heterocycles. The molecular formula is C18H14ClFN4O. The Bertz CT molecular complexity index is 934. The first-order valence-corrected chi connectivity index (χ1v) is 7.83. The van der Waals surface area contributed by atoms with Gasteiger partial charge in [-0.25, -0.2) is 9.82 Å². The molecule has 1 amide bonds. The molecule has 0 aliphatic carbocycles. The molecule has 0 aliphatic heterocycles. The van der Waals surface area contributed by atoms with Crippen molar-refractivity contribution in [3.63, 3.8) is 0 Å². The van der Waals surface area contributed by atoms with Crippen LogP contribution in [-0.4, -0.2) is 21.8 Å². The van der Waals surface area contributed by atoms with Crippen LogP contribution in [0.4, 0.5) is 4.39 Å². The molecule has 0 bridgehead atoms. The Kier molecular flexibility index (Phi) is 4.90. The fourth-order valence-electron chi connectivity index (χ4n) is 2.22. The lowest BCUT2D eigenvalue weighted by molar-refractivity contribution is 0.0950. The van der Waals surface area contributed by atoms with Crippen molar-refractivity contribution in [3.05, 3.63) is 76.7 Å².